The molecule has 0 unspecified atom stereocenters. The molecule has 1 amide bonds. The zero-order valence-corrected chi connectivity index (χ0v) is 12.3. The molecule has 0 atom stereocenters. The predicted octanol–water partition coefficient (Wildman–Crippen LogP) is 2.73. The molecule has 106 valence electrons. The maximum absolute atomic E-state index is 12.5. The van der Waals surface area contributed by atoms with Crippen molar-refractivity contribution in [3.63, 3.8) is 0 Å². The van der Waals surface area contributed by atoms with Crippen LogP contribution in [0.4, 0.5) is 5.69 Å². The van der Waals surface area contributed by atoms with Crippen LogP contribution in [0.2, 0.25) is 0 Å². The second-order valence-corrected chi connectivity index (χ2v) is 6.67. The average Bonchev–Trinajstić information content (AvgIpc) is 2.77. The van der Waals surface area contributed by atoms with E-state index in [0.29, 0.717) is 15.4 Å². The Hall–Kier alpha value is -1.69. The van der Waals surface area contributed by atoms with E-state index in [1.54, 1.807) is 12.3 Å². The molecule has 0 aromatic carbocycles. The smallest absolute Gasteiger partial charge is 0.263 e. The van der Waals surface area contributed by atoms with Gasteiger partial charge in [-0.1, -0.05) is 19.3 Å². The van der Waals surface area contributed by atoms with Gasteiger partial charge in [0.1, 0.15) is 9.71 Å². The number of thiophene rings is 1. The van der Waals surface area contributed by atoms with E-state index in [1.165, 1.54) is 30.6 Å². The van der Waals surface area contributed by atoms with Crippen LogP contribution in [-0.4, -0.2) is 21.6 Å². The molecule has 5 nitrogen and oxygen atoms in total. The summed E-state index contributed by atoms with van der Waals surface area (Å²) in [5, 5.41) is 11.8. The number of rotatable bonds is 2. The van der Waals surface area contributed by atoms with Gasteiger partial charge >= 0.3 is 0 Å². The molecule has 2 aromatic rings. The van der Waals surface area contributed by atoms with Crippen molar-refractivity contribution in [1.82, 2.24) is 15.5 Å². The Kier molecular flexibility index (Phi) is 3.33. The summed E-state index contributed by atoms with van der Waals surface area (Å²) >= 11 is 1.31. The Bertz CT molecular complexity index is 646. The summed E-state index contributed by atoms with van der Waals surface area (Å²) in [5.41, 5.74) is 6.47. The average molecular weight is 290 g/mol. The third-order valence-corrected chi connectivity index (χ3v) is 5.10. The number of carbonyl (C=O) groups is 1. The van der Waals surface area contributed by atoms with E-state index in [2.05, 4.69) is 22.4 Å². The number of nitrogens with one attached hydrogen (secondary N) is 1. The minimum atomic E-state index is -0.108. The largest absolute Gasteiger partial charge is 0.397 e. The molecule has 0 saturated heterocycles. The van der Waals surface area contributed by atoms with Crippen LogP contribution < -0.4 is 11.1 Å². The van der Waals surface area contributed by atoms with Gasteiger partial charge in [-0.2, -0.15) is 5.10 Å². The minimum absolute atomic E-state index is 0.0881. The summed E-state index contributed by atoms with van der Waals surface area (Å²) in [6.07, 6.45) is 7.25. The van der Waals surface area contributed by atoms with Crippen LogP contribution in [-0.2, 0) is 0 Å². The number of anilines is 1. The van der Waals surface area contributed by atoms with E-state index >= 15 is 0 Å². The SMILES string of the molecule is CC1(NC(=O)c2sc3nnccc3c2N)CCCCC1. The molecule has 0 bridgehead atoms. The number of carbonyl (C=O) groups excluding carboxylic acids is 1. The monoisotopic (exact) mass is 290 g/mol. The molecule has 3 rings (SSSR count). The van der Waals surface area contributed by atoms with Crippen LogP contribution in [0.15, 0.2) is 12.3 Å². The zero-order valence-electron chi connectivity index (χ0n) is 11.5. The molecule has 0 radical (unpaired) electrons. The van der Waals surface area contributed by atoms with Crippen molar-refractivity contribution in [2.75, 3.05) is 5.73 Å². The third-order valence-electron chi connectivity index (χ3n) is 4.00. The number of amides is 1. The fourth-order valence-corrected chi connectivity index (χ4v) is 3.76. The Labute approximate surface area is 121 Å². The summed E-state index contributed by atoms with van der Waals surface area (Å²) in [6, 6.07) is 1.80. The lowest BCUT2D eigenvalue weighted by Crippen LogP contribution is -2.47. The standard InChI is InChI=1S/C14H18N4OS/c1-14(6-3-2-4-7-14)17-12(19)11-10(15)9-5-8-16-18-13(9)20-11/h5,8H,2-4,6-7,15H2,1H3,(H,17,19). The molecule has 6 heteroatoms. The zero-order chi connectivity index (χ0) is 14.2. The van der Waals surface area contributed by atoms with Crippen LogP contribution >= 0.6 is 11.3 Å². The molecule has 1 aliphatic carbocycles. The van der Waals surface area contributed by atoms with Crippen LogP contribution in [0.5, 0.6) is 0 Å². The van der Waals surface area contributed by atoms with Crippen molar-refractivity contribution in [3.05, 3.63) is 17.1 Å². The highest BCUT2D eigenvalue weighted by Gasteiger charge is 2.30. The molecule has 2 aromatic heterocycles. The quantitative estimate of drug-likeness (QED) is 0.891. The molecule has 3 N–H and O–H groups in total. The van der Waals surface area contributed by atoms with Gasteiger partial charge in [0.05, 0.1) is 11.9 Å². The highest BCUT2D eigenvalue weighted by molar-refractivity contribution is 7.21. The van der Waals surface area contributed by atoms with E-state index in [0.717, 1.165) is 18.2 Å². The third kappa shape index (κ3) is 2.35. The number of aromatic nitrogens is 2. The fraction of sp³-hybridized carbons (Fsp3) is 0.500. The van der Waals surface area contributed by atoms with Crippen molar-refractivity contribution in [2.24, 2.45) is 0 Å². The maximum atomic E-state index is 12.5. The first-order valence-corrected chi connectivity index (χ1v) is 7.73. The Balaban J connectivity index is 1.87. The van der Waals surface area contributed by atoms with Gasteiger partial charge in [-0.15, -0.1) is 16.4 Å². The number of fused-ring (bicyclic) bond motifs is 1. The Morgan fingerprint density at radius 3 is 2.85 bits per heavy atom. The summed E-state index contributed by atoms with van der Waals surface area (Å²) in [6.45, 7) is 2.12. The maximum Gasteiger partial charge on any atom is 0.263 e. The molecule has 2 heterocycles. The topological polar surface area (TPSA) is 80.9 Å². The summed E-state index contributed by atoms with van der Waals surface area (Å²) in [4.78, 5) is 13.7. The number of nitrogens with two attached hydrogens (primary N) is 1. The number of nitrogens with zero attached hydrogens (tertiary/aromatic N) is 2. The van der Waals surface area contributed by atoms with Crippen LogP contribution in [0.3, 0.4) is 0 Å². The van der Waals surface area contributed by atoms with Crippen molar-refractivity contribution >= 4 is 33.1 Å². The van der Waals surface area contributed by atoms with Crippen molar-refractivity contribution in [2.45, 2.75) is 44.6 Å². The van der Waals surface area contributed by atoms with Crippen LogP contribution in [0.1, 0.15) is 48.7 Å². The number of nitrogen functional groups attached to an aromatic ring is 1. The summed E-state index contributed by atoms with van der Waals surface area (Å²) < 4.78 is 0. The van der Waals surface area contributed by atoms with E-state index < -0.39 is 0 Å². The number of hydrogen-bond donors (Lipinski definition) is 2. The lowest BCUT2D eigenvalue weighted by molar-refractivity contribution is 0.0888. The van der Waals surface area contributed by atoms with Gasteiger partial charge in [0.15, 0.2) is 0 Å². The van der Waals surface area contributed by atoms with Gasteiger partial charge in [0.25, 0.3) is 5.91 Å². The molecule has 0 aliphatic heterocycles. The molecule has 1 fully saturated rings. The van der Waals surface area contributed by atoms with Gasteiger partial charge in [-0.25, -0.2) is 0 Å². The van der Waals surface area contributed by atoms with E-state index in [9.17, 15) is 4.79 Å². The Morgan fingerprint density at radius 2 is 2.15 bits per heavy atom. The first kappa shape index (κ1) is 13.3. The van der Waals surface area contributed by atoms with Crippen molar-refractivity contribution in [3.8, 4) is 0 Å². The molecule has 0 spiro atoms. The van der Waals surface area contributed by atoms with Gasteiger partial charge in [0.2, 0.25) is 0 Å². The van der Waals surface area contributed by atoms with Gasteiger partial charge in [0, 0.05) is 10.9 Å². The molecule has 20 heavy (non-hydrogen) atoms. The normalized spacial score (nSPS) is 18.1. The minimum Gasteiger partial charge on any atom is -0.397 e. The summed E-state index contributed by atoms with van der Waals surface area (Å²) in [7, 11) is 0. The van der Waals surface area contributed by atoms with E-state index in [4.69, 9.17) is 5.73 Å². The summed E-state index contributed by atoms with van der Waals surface area (Å²) in [5.74, 6) is -0.0881. The fourth-order valence-electron chi connectivity index (χ4n) is 2.83. The molecule has 1 aliphatic rings. The first-order chi connectivity index (χ1) is 9.59. The lowest BCUT2D eigenvalue weighted by atomic mass is 9.83. The van der Waals surface area contributed by atoms with E-state index in [1.807, 2.05) is 0 Å². The van der Waals surface area contributed by atoms with Crippen molar-refractivity contribution in [1.29, 1.82) is 0 Å². The second kappa shape index (κ2) is 5.01. The molecular formula is C14H18N4OS. The lowest BCUT2D eigenvalue weighted by Gasteiger charge is -2.34. The van der Waals surface area contributed by atoms with E-state index in [-0.39, 0.29) is 11.4 Å². The molecular weight excluding hydrogens is 272 g/mol. The van der Waals surface area contributed by atoms with Gasteiger partial charge in [-0.05, 0) is 25.8 Å². The predicted molar refractivity (Wildman–Crippen MR) is 80.8 cm³/mol. The van der Waals surface area contributed by atoms with Gasteiger partial charge < -0.3 is 11.1 Å². The first-order valence-electron chi connectivity index (χ1n) is 6.91. The van der Waals surface area contributed by atoms with Crippen molar-refractivity contribution < 1.29 is 4.79 Å². The highest BCUT2D eigenvalue weighted by atomic mass is 32.1. The van der Waals surface area contributed by atoms with Crippen LogP contribution in [0, 0.1) is 0 Å². The molecule has 1 saturated carbocycles. The number of hydrogen-bond acceptors (Lipinski definition) is 5. The Morgan fingerprint density at radius 1 is 1.40 bits per heavy atom. The second-order valence-electron chi connectivity index (χ2n) is 5.67. The van der Waals surface area contributed by atoms with Gasteiger partial charge in [-0.3, -0.25) is 4.79 Å². The highest BCUT2D eigenvalue weighted by Crippen LogP contribution is 2.33. The van der Waals surface area contributed by atoms with Crippen LogP contribution in [0.25, 0.3) is 10.2 Å².